The van der Waals surface area contributed by atoms with Crippen LogP contribution in [0, 0.1) is 11.3 Å². The molecule has 0 spiro atoms. The molecule has 3 rings (SSSR count). The molecule has 1 aromatic carbocycles. The average Bonchev–Trinajstić information content (AvgIpc) is 2.89. The smallest absolute Gasteiger partial charge is 0.414 e. The molecule has 2 N–H and O–H groups in total. The van der Waals surface area contributed by atoms with Crippen molar-refractivity contribution in [1.29, 1.82) is 5.26 Å². The number of hydrogen-bond donors (Lipinski definition) is 2. The van der Waals surface area contributed by atoms with Gasteiger partial charge in [0.1, 0.15) is 11.8 Å². The van der Waals surface area contributed by atoms with Crippen molar-refractivity contribution in [1.82, 2.24) is 20.5 Å². The number of nitrogens with zero attached hydrogens (tertiary/aromatic N) is 5. The Labute approximate surface area is 231 Å². The van der Waals surface area contributed by atoms with E-state index in [-0.39, 0.29) is 39.1 Å². The Kier molecular flexibility index (Phi) is 10.0. The number of nitriles is 1. The monoisotopic (exact) mass is 577 g/mol. The van der Waals surface area contributed by atoms with E-state index in [0.717, 1.165) is 0 Å². The minimum Gasteiger partial charge on any atom is -0.495 e. The zero-order valence-corrected chi connectivity index (χ0v) is 22.1. The lowest BCUT2D eigenvalue weighted by Crippen LogP contribution is -2.36. The first-order valence-corrected chi connectivity index (χ1v) is 11.8. The van der Waals surface area contributed by atoms with Crippen molar-refractivity contribution in [2.75, 3.05) is 19.1 Å². The summed E-state index contributed by atoms with van der Waals surface area (Å²) in [6.07, 6.45) is 0.921. The molecule has 2 heterocycles. The Morgan fingerprint density at radius 2 is 1.87 bits per heavy atom. The number of alkyl carbamates (subject to hydrolysis) is 1. The molecule has 0 atom stereocenters. The summed E-state index contributed by atoms with van der Waals surface area (Å²) in [5.41, 5.74) is 3.37. The average molecular weight is 579 g/mol. The minimum atomic E-state index is -1.06. The van der Waals surface area contributed by atoms with Crippen LogP contribution in [0.4, 0.5) is 10.5 Å². The molecule has 0 saturated heterocycles. The molecule has 0 aliphatic carbocycles. The second kappa shape index (κ2) is 13.4. The number of hydrogen-bond acceptors (Lipinski definition) is 11. The quantitative estimate of drug-likeness (QED) is 0.267. The standard InChI is InChI=1S/C23H18Cl3N7O5/c1-3-37-23(35)29-22(34)18(10-27)31-30-14-8-16(24)20(17(25)9-14)38-19-7-12(21(26)33-32-19)6-13-4-5-15(36-2)11-28-13/h4-5,7-9,11,30H,3,6H2,1-2H3,(H,29,34,35). The van der Waals surface area contributed by atoms with E-state index >= 15 is 0 Å². The number of carbonyl (C=O) groups excluding carboxylic acids is 2. The summed E-state index contributed by atoms with van der Waals surface area (Å²) in [5, 5.41) is 22.8. The van der Waals surface area contributed by atoms with Crippen LogP contribution in [-0.2, 0) is 16.0 Å². The van der Waals surface area contributed by atoms with E-state index in [1.165, 1.54) is 12.1 Å². The number of imide groups is 1. The molecule has 15 heteroatoms. The molecule has 196 valence electrons. The lowest BCUT2D eigenvalue weighted by atomic mass is 10.1. The van der Waals surface area contributed by atoms with Crippen molar-refractivity contribution in [2.24, 2.45) is 5.10 Å². The first kappa shape index (κ1) is 28.4. The lowest BCUT2D eigenvalue weighted by molar-refractivity contribution is -0.114. The zero-order chi connectivity index (χ0) is 27.7. The number of ether oxygens (including phenoxy) is 3. The summed E-state index contributed by atoms with van der Waals surface area (Å²) in [5.74, 6) is -0.303. The molecular weight excluding hydrogens is 561 g/mol. The topological polar surface area (TPSA) is 161 Å². The summed E-state index contributed by atoms with van der Waals surface area (Å²) in [6.45, 7) is 1.61. The van der Waals surface area contributed by atoms with Crippen molar-refractivity contribution >= 4 is 58.2 Å². The summed E-state index contributed by atoms with van der Waals surface area (Å²) in [6, 6.07) is 9.47. The molecule has 0 fully saturated rings. The maximum absolute atomic E-state index is 12.0. The van der Waals surface area contributed by atoms with Crippen molar-refractivity contribution in [3.63, 3.8) is 0 Å². The van der Waals surface area contributed by atoms with Gasteiger partial charge in [0, 0.05) is 23.7 Å². The number of pyridine rings is 1. The molecule has 12 nitrogen and oxygen atoms in total. The number of nitrogens with one attached hydrogen (secondary N) is 2. The third kappa shape index (κ3) is 7.66. The molecule has 38 heavy (non-hydrogen) atoms. The summed E-state index contributed by atoms with van der Waals surface area (Å²) in [4.78, 5) is 27.6. The van der Waals surface area contributed by atoms with Gasteiger partial charge in [0.15, 0.2) is 10.9 Å². The number of methoxy groups -OCH3 is 1. The van der Waals surface area contributed by atoms with Crippen LogP contribution in [0.3, 0.4) is 0 Å². The van der Waals surface area contributed by atoms with Crippen molar-refractivity contribution in [3.05, 3.63) is 63.0 Å². The van der Waals surface area contributed by atoms with Crippen LogP contribution < -0.4 is 20.2 Å². The molecule has 2 aromatic heterocycles. The number of carbonyl (C=O) groups is 2. The van der Waals surface area contributed by atoms with Gasteiger partial charge in [0.25, 0.3) is 5.91 Å². The Morgan fingerprint density at radius 1 is 1.13 bits per heavy atom. The SMILES string of the molecule is CCOC(=O)NC(=O)C(C#N)=NNc1cc(Cl)c(Oc2cc(Cc3ccc(OC)cn3)c(Cl)nn2)c(Cl)c1. The fourth-order valence-electron chi connectivity index (χ4n) is 2.79. The number of rotatable bonds is 9. The van der Waals surface area contributed by atoms with Crippen molar-refractivity contribution < 1.29 is 23.8 Å². The first-order valence-electron chi connectivity index (χ1n) is 10.6. The van der Waals surface area contributed by atoms with Gasteiger partial charge in [-0.1, -0.05) is 34.8 Å². The normalized spacial score (nSPS) is 10.8. The highest BCUT2D eigenvalue weighted by Gasteiger charge is 2.17. The fourth-order valence-corrected chi connectivity index (χ4v) is 3.52. The predicted molar refractivity (Wildman–Crippen MR) is 139 cm³/mol. The van der Waals surface area contributed by atoms with E-state index in [1.807, 2.05) is 5.32 Å². The highest BCUT2D eigenvalue weighted by molar-refractivity contribution is 6.47. The largest absolute Gasteiger partial charge is 0.495 e. The van der Waals surface area contributed by atoms with E-state index < -0.39 is 17.7 Å². The Bertz CT molecular complexity index is 1390. The third-order valence-electron chi connectivity index (χ3n) is 4.52. The Morgan fingerprint density at radius 3 is 2.47 bits per heavy atom. The third-order valence-corrected chi connectivity index (χ3v) is 5.40. The number of aromatic nitrogens is 3. The number of anilines is 1. The highest BCUT2D eigenvalue weighted by Crippen LogP contribution is 2.38. The summed E-state index contributed by atoms with van der Waals surface area (Å²) >= 11 is 18.9. The van der Waals surface area contributed by atoms with Gasteiger partial charge in [-0.25, -0.2) is 4.79 Å². The molecule has 0 radical (unpaired) electrons. The molecular formula is C23H18Cl3N7O5. The molecule has 0 bridgehead atoms. The Balaban J connectivity index is 1.74. The maximum atomic E-state index is 12.0. The molecule has 2 amide bonds. The minimum absolute atomic E-state index is 0.0462. The molecule has 0 saturated carbocycles. The number of halogens is 3. The second-order valence-corrected chi connectivity index (χ2v) is 8.27. The number of benzene rings is 1. The molecule has 0 aliphatic heterocycles. The summed E-state index contributed by atoms with van der Waals surface area (Å²) < 4.78 is 15.4. The van der Waals surface area contributed by atoms with E-state index in [0.29, 0.717) is 23.4 Å². The van der Waals surface area contributed by atoms with Crippen LogP contribution in [0.5, 0.6) is 17.4 Å². The second-order valence-electron chi connectivity index (χ2n) is 7.09. The van der Waals surface area contributed by atoms with Crippen LogP contribution in [0.2, 0.25) is 15.2 Å². The molecule has 0 unspecified atom stereocenters. The van der Waals surface area contributed by atoms with Gasteiger partial charge >= 0.3 is 6.09 Å². The van der Waals surface area contributed by atoms with Gasteiger partial charge in [0.05, 0.1) is 35.6 Å². The van der Waals surface area contributed by atoms with E-state index in [2.05, 4.69) is 30.4 Å². The van der Waals surface area contributed by atoms with Crippen LogP contribution in [0.15, 0.2) is 41.6 Å². The number of amides is 2. The summed E-state index contributed by atoms with van der Waals surface area (Å²) in [7, 11) is 1.55. The van der Waals surface area contributed by atoms with E-state index in [9.17, 15) is 9.59 Å². The van der Waals surface area contributed by atoms with E-state index in [4.69, 9.17) is 49.5 Å². The maximum Gasteiger partial charge on any atom is 0.414 e. The van der Waals surface area contributed by atoms with Gasteiger partial charge < -0.3 is 14.2 Å². The van der Waals surface area contributed by atoms with Crippen LogP contribution in [-0.4, -0.2) is 46.6 Å². The predicted octanol–water partition coefficient (Wildman–Crippen LogP) is 4.79. The number of hydrazone groups is 1. The van der Waals surface area contributed by atoms with Gasteiger partial charge in [-0.3, -0.25) is 20.5 Å². The van der Waals surface area contributed by atoms with Gasteiger partial charge in [0.2, 0.25) is 11.6 Å². The molecule has 3 aromatic rings. The van der Waals surface area contributed by atoms with Crippen LogP contribution in [0.25, 0.3) is 0 Å². The zero-order valence-electron chi connectivity index (χ0n) is 19.8. The van der Waals surface area contributed by atoms with Crippen molar-refractivity contribution in [3.8, 4) is 23.4 Å². The highest BCUT2D eigenvalue weighted by atomic mass is 35.5. The van der Waals surface area contributed by atoms with Crippen molar-refractivity contribution in [2.45, 2.75) is 13.3 Å². The van der Waals surface area contributed by atoms with E-state index in [1.54, 1.807) is 44.5 Å². The van der Waals surface area contributed by atoms with Gasteiger partial charge in [-0.2, -0.15) is 10.4 Å². The van der Waals surface area contributed by atoms with Crippen LogP contribution in [0.1, 0.15) is 18.2 Å². The fraction of sp³-hybridized carbons (Fsp3) is 0.174. The Hall–Kier alpha value is -4.18. The lowest BCUT2D eigenvalue weighted by Gasteiger charge is -2.12. The molecule has 0 aliphatic rings. The van der Waals surface area contributed by atoms with Crippen LogP contribution >= 0.6 is 34.8 Å². The first-order chi connectivity index (χ1) is 18.2. The van der Waals surface area contributed by atoms with Gasteiger partial charge in [-0.05, 0) is 31.2 Å². The van der Waals surface area contributed by atoms with Gasteiger partial charge in [-0.15, -0.1) is 10.2 Å².